The van der Waals surface area contributed by atoms with Crippen LogP contribution in [0.15, 0.2) is 18.2 Å². The molecular formula is C15H20O5. The summed E-state index contributed by atoms with van der Waals surface area (Å²) in [5.74, 6) is -1.15. The Bertz CT molecular complexity index is 509. The van der Waals surface area contributed by atoms with Gasteiger partial charge in [-0.05, 0) is 42.4 Å². The average Bonchev–Trinajstić information content (AvgIpc) is 2.70. The molecule has 3 N–H and O–H groups in total. The summed E-state index contributed by atoms with van der Waals surface area (Å²) in [5.41, 5.74) is 0.418. The zero-order valence-electron chi connectivity index (χ0n) is 11.7. The number of aliphatic carboxylic acids is 1. The molecule has 0 amide bonds. The Morgan fingerprint density at radius 1 is 1.45 bits per heavy atom. The zero-order valence-corrected chi connectivity index (χ0v) is 11.7. The van der Waals surface area contributed by atoms with E-state index in [9.17, 15) is 15.0 Å². The first-order valence-corrected chi connectivity index (χ1v) is 6.69. The van der Waals surface area contributed by atoms with Crippen LogP contribution in [0, 0.1) is 5.41 Å². The Morgan fingerprint density at radius 2 is 2.15 bits per heavy atom. The van der Waals surface area contributed by atoms with Crippen LogP contribution in [0.25, 0.3) is 0 Å². The van der Waals surface area contributed by atoms with Gasteiger partial charge in [-0.3, -0.25) is 0 Å². The predicted octanol–water partition coefficient (Wildman–Crippen LogP) is 2.47. The van der Waals surface area contributed by atoms with Crippen LogP contribution in [0.1, 0.15) is 44.8 Å². The van der Waals surface area contributed by atoms with Gasteiger partial charge in [-0.15, -0.1) is 0 Å². The second-order valence-corrected chi connectivity index (χ2v) is 6.11. The molecule has 0 saturated heterocycles. The van der Waals surface area contributed by atoms with E-state index in [2.05, 4.69) is 13.8 Å². The Hall–Kier alpha value is -1.75. The van der Waals surface area contributed by atoms with Crippen LogP contribution in [0.4, 0.5) is 0 Å². The highest BCUT2D eigenvalue weighted by atomic mass is 16.5. The van der Waals surface area contributed by atoms with Crippen LogP contribution in [-0.2, 0) is 4.79 Å². The van der Waals surface area contributed by atoms with Crippen LogP contribution in [0.5, 0.6) is 11.5 Å². The van der Waals surface area contributed by atoms with E-state index in [1.807, 2.05) is 0 Å². The van der Waals surface area contributed by atoms with Crippen LogP contribution >= 0.6 is 0 Å². The van der Waals surface area contributed by atoms with Gasteiger partial charge in [-0.2, -0.15) is 0 Å². The molecule has 1 aromatic rings. The van der Waals surface area contributed by atoms with E-state index in [1.165, 1.54) is 18.2 Å². The van der Waals surface area contributed by atoms with Crippen LogP contribution in [0.2, 0.25) is 0 Å². The number of hydrogen-bond acceptors (Lipinski definition) is 4. The number of carboxylic acid groups (broad SMARTS) is 1. The van der Waals surface area contributed by atoms with E-state index in [0.717, 1.165) is 19.3 Å². The number of rotatable bonds is 4. The Morgan fingerprint density at radius 3 is 2.70 bits per heavy atom. The number of aromatic hydroxyl groups is 1. The maximum absolute atomic E-state index is 10.8. The molecule has 2 atom stereocenters. The van der Waals surface area contributed by atoms with Gasteiger partial charge in [0, 0.05) is 0 Å². The summed E-state index contributed by atoms with van der Waals surface area (Å²) in [6, 6.07) is 4.11. The molecule has 2 rings (SSSR count). The molecular weight excluding hydrogens is 260 g/mol. The molecule has 1 fully saturated rings. The molecule has 1 saturated carbocycles. The summed E-state index contributed by atoms with van der Waals surface area (Å²) >= 11 is 0. The van der Waals surface area contributed by atoms with Crippen LogP contribution in [-0.4, -0.2) is 27.4 Å². The lowest BCUT2D eigenvalue weighted by Gasteiger charge is -2.19. The van der Waals surface area contributed by atoms with E-state index in [4.69, 9.17) is 9.84 Å². The number of ether oxygens (including phenoxy) is 1. The van der Waals surface area contributed by atoms with E-state index < -0.39 is 12.1 Å². The highest BCUT2D eigenvalue weighted by Gasteiger charge is 2.32. The summed E-state index contributed by atoms with van der Waals surface area (Å²) < 4.78 is 5.76. The molecule has 0 aromatic heterocycles. The van der Waals surface area contributed by atoms with Gasteiger partial charge in [-0.25, -0.2) is 4.79 Å². The molecule has 0 aliphatic heterocycles. The second kappa shape index (κ2) is 5.32. The molecule has 2 unspecified atom stereocenters. The average molecular weight is 280 g/mol. The molecule has 5 heteroatoms. The van der Waals surface area contributed by atoms with E-state index in [0.29, 0.717) is 0 Å². The lowest BCUT2D eigenvalue weighted by atomic mass is 9.92. The summed E-state index contributed by atoms with van der Waals surface area (Å²) in [6.07, 6.45) is 1.23. The highest BCUT2D eigenvalue weighted by Crippen LogP contribution is 2.40. The van der Waals surface area contributed by atoms with Gasteiger partial charge in [-0.1, -0.05) is 19.9 Å². The van der Waals surface area contributed by atoms with Crippen LogP contribution in [0.3, 0.4) is 0 Å². The number of aliphatic hydroxyl groups excluding tert-OH is 1. The molecule has 0 spiro atoms. The number of phenolic OH excluding ortho intramolecular Hbond substituents is 1. The number of benzene rings is 1. The molecule has 5 nitrogen and oxygen atoms in total. The normalized spacial score (nSPS) is 22.4. The molecule has 1 aliphatic rings. The summed E-state index contributed by atoms with van der Waals surface area (Å²) in [7, 11) is 0. The number of aliphatic hydroxyl groups is 1. The standard InChI is InChI=1S/C15H20O5/c1-15(2)6-5-10(8-15)20-12-7-9(3-4-11(12)16)13(17)14(18)19/h3-4,7,10,13,16-17H,5-6,8H2,1-2H3,(H,18,19). The Kier molecular flexibility index (Phi) is 3.90. The number of carboxylic acids is 1. The van der Waals surface area contributed by atoms with Crippen molar-refractivity contribution in [2.45, 2.75) is 45.3 Å². The van der Waals surface area contributed by atoms with Crippen molar-refractivity contribution >= 4 is 5.97 Å². The highest BCUT2D eigenvalue weighted by molar-refractivity contribution is 5.74. The van der Waals surface area contributed by atoms with E-state index >= 15 is 0 Å². The fourth-order valence-electron chi connectivity index (χ4n) is 2.59. The van der Waals surface area contributed by atoms with Crippen molar-refractivity contribution < 1.29 is 24.9 Å². The summed E-state index contributed by atoms with van der Waals surface area (Å²) in [4.78, 5) is 10.8. The first kappa shape index (κ1) is 14.7. The minimum Gasteiger partial charge on any atom is -0.504 e. The fourth-order valence-corrected chi connectivity index (χ4v) is 2.59. The Labute approximate surface area is 117 Å². The van der Waals surface area contributed by atoms with E-state index in [1.54, 1.807) is 0 Å². The number of carbonyl (C=O) groups is 1. The third-order valence-electron chi connectivity index (χ3n) is 3.75. The van der Waals surface area contributed by atoms with Gasteiger partial charge in [0.1, 0.15) is 0 Å². The Balaban J connectivity index is 2.15. The van der Waals surface area contributed by atoms with Crippen molar-refractivity contribution in [3.05, 3.63) is 23.8 Å². The van der Waals surface area contributed by atoms with Crippen LogP contribution < -0.4 is 4.74 Å². The molecule has 1 aliphatic carbocycles. The minimum atomic E-state index is -1.61. The third-order valence-corrected chi connectivity index (χ3v) is 3.75. The van der Waals surface area contributed by atoms with Crippen molar-refractivity contribution in [2.75, 3.05) is 0 Å². The quantitative estimate of drug-likeness (QED) is 0.788. The molecule has 0 radical (unpaired) electrons. The zero-order chi connectivity index (χ0) is 14.9. The summed E-state index contributed by atoms with van der Waals surface area (Å²) in [6.45, 7) is 4.33. The van der Waals surface area contributed by atoms with Crippen molar-refractivity contribution in [1.29, 1.82) is 0 Å². The fraction of sp³-hybridized carbons (Fsp3) is 0.533. The van der Waals surface area contributed by atoms with Gasteiger partial charge in [0.25, 0.3) is 0 Å². The van der Waals surface area contributed by atoms with E-state index in [-0.39, 0.29) is 28.6 Å². The molecule has 110 valence electrons. The lowest BCUT2D eigenvalue weighted by molar-refractivity contribution is -0.146. The van der Waals surface area contributed by atoms with Crippen molar-refractivity contribution in [1.82, 2.24) is 0 Å². The monoisotopic (exact) mass is 280 g/mol. The van der Waals surface area contributed by atoms with Crippen molar-refractivity contribution in [3.63, 3.8) is 0 Å². The lowest BCUT2D eigenvalue weighted by Crippen LogP contribution is -2.15. The molecule has 0 heterocycles. The van der Waals surface area contributed by atoms with Gasteiger partial charge in [0.05, 0.1) is 6.10 Å². The third kappa shape index (κ3) is 3.22. The van der Waals surface area contributed by atoms with Gasteiger partial charge < -0.3 is 20.1 Å². The molecule has 20 heavy (non-hydrogen) atoms. The second-order valence-electron chi connectivity index (χ2n) is 6.11. The maximum Gasteiger partial charge on any atom is 0.337 e. The van der Waals surface area contributed by atoms with Gasteiger partial charge in [0.2, 0.25) is 0 Å². The summed E-state index contributed by atoms with van der Waals surface area (Å²) in [5, 5.41) is 28.1. The predicted molar refractivity (Wildman–Crippen MR) is 72.8 cm³/mol. The number of phenols is 1. The molecule has 0 bridgehead atoms. The number of hydrogen-bond donors (Lipinski definition) is 3. The molecule has 1 aromatic carbocycles. The first-order chi connectivity index (χ1) is 9.28. The minimum absolute atomic E-state index is 0.00752. The maximum atomic E-state index is 10.8. The van der Waals surface area contributed by atoms with Crippen molar-refractivity contribution in [3.8, 4) is 11.5 Å². The largest absolute Gasteiger partial charge is 0.504 e. The smallest absolute Gasteiger partial charge is 0.337 e. The van der Waals surface area contributed by atoms with Gasteiger partial charge in [0.15, 0.2) is 17.6 Å². The topological polar surface area (TPSA) is 87.0 Å². The first-order valence-electron chi connectivity index (χ1n) is 6.69. The van der Waals surface area contributed by atoms with Crippen molar-refractivity contribution in [2.24, 2.45) is 5.41 Å². The van der Waals surface area contributed by atoms with Gasteiger partial charge >= 0.3 is 5.97 Å². The SMILES string of the molecule is CC1(C)CCC(Oc2cc(C(O)C(=O)O)ccc2O)C1.